The van der Waals surface area contributed by atoms with Crippen molar-refractivity contribution in [3.8, 4) is 22.6 Å². The zero-order valence-corrected chi connectivity index (χ0v) is 60.2. The molecular formula is C96H80N6OS. The van der Waals surface area contributed by atoms with Gasteiger partial charge in [0.25, 0.3) is 0 Å². The molecule has 21 rings (SSSR count). The highest BCUT2D eigenvalue weighted by Crippen LogP contribution is 2.48. The van der Waals surface area contributed by atoms with Gasteiger partial charge in [-0.3, -0.25) is 0 Å². The summed E-state index contributed by atoms with van der Waals surface area (Å²) in [7, 11) is 12.7. The summed E-state index contributed by atoms with van der Waals surface area (Å²) in [5.41, 5.74) is 23.1. The van der Waals surface area contributed by atoms with E-state index in [1.54, 1.807) is 0 Å². The van der Waals surface area contributed by atoms with Crippen molar-refractivity contribution < 1.29 is 4.74 Å². The van der Waals surface area contributed by atoms with Crippen LogP contribution in [-0.2, 0) is 26.9 Å². The van der Waals surface area contributed by atoms with Gasteiger partial charge in [0.15, 0.2) is 11.5 Å². The summed E-state index contributed by atoms with van der Waals surface area (Å²) in [5.74, 6) is 1.83. The van der Waals surface area contributed by atoms with Crippen LogP contribution < -0.4 is 24.3 Å². The van der Waals surface area contributed by atoms with Crippen molar-refractivity contribution in [1.82, 2.24) is 9.13 Å². The maximum Gasteiger partial charge on any atom is 0.151 e. The van der Waals surface area contributed by atoms with Crippen LogP contribution in [0.15, 0.2) is 350 Å². The van der Waals surface area contributed by atoms with Gasteiger partial charge in [0.1, 0.15) is 0 Å². The molecule has 4 aliphatic heterocycles. The van der Waals surface area contributed by atoms with E-state index < -0.39 is 0 Å². The molecule has 0 N–H and O–H groups in total. The molecule has 8 heteroatoms. The minimum atomic E-state index is 0.915. The molecule has 0 saturated heterocycles. The third-order valence-electron chi connectivity index (χ3n) is 20.6. The van der Waals surface area contributed by atoms with Crippen molar-refractivity contribution in [3.63, 3.8) is 0 Å². The molecule has 506 valence electrons. The van der Waals surface area contributed by atoms with Gasteiger partial charge in [-0.05, 0) is 171 Å². The first-order valence-corrected chi connectivity index (χ1v) is 36.4. The largest absolute Gasteiger partial charge is 0.453 e. The average Bonchev–Trinajstić information content (AvgIpc) is 1.56. The second kappa shape index (κ2) is 29.2. The van der Waals surface area contributed by atoms with Crippen molar-refractivity contribution in [3.05, 3.63) is 362 Å². The number of para-hydroxylation sites is 11. The monoisotopic (exact) mass is 1360 g/mol. The highest BCUT2D eigenvalue weighted by Gasteiger charge is 2.23. The number of aromatic nitrogens is 2. The van der Waals surface area contributed by atoms with Crippen LogP contribution in [0.1, 0.15) is 22.3 Å². The van der Waals surface area contributed by atoms with Gasteiger partial charge < -0.3 is 33.5 Å². The molecule has 4 aliphatic rings. The van der Waals surface area contributed by atoms with Crippen LogP contribution in [-0.4, -0.2) is 37.3 Å². The zero-order chi connectivity index (χ0) is 70.6. The summed E-state index contributed by atoms with van der Waals surface area (Å²) in [6.07, 6.45) is 6.63. The molecule has 0 spiro atoms. The average molecular weight is 1370 g/mol. The van der Waals surface area contributed by atoms with Crippen LogP contribution in [0.2, 0.25) is 0 Å². The fourth-order valence-electron chi connectivity index (χ4n) is 15.2. The summed E-state index contributed by atoms with van der Waals surface area (Å²) in [5, 5.41) is 10.7. The normalized spacial score (nSPS) is 12.6. The second-order valence-electron chi connectivity index (χ2n) is 26.6. The number of hydrogen-bond donors (Lipinski definition) is 0. The molecule has 0 atom stereocenters. The number of nitrogens with zero attached hydrogens (tertiary/aromatic N) is 6. The smallest absolute Gasteiger partial charge is 0.151 e. The Hall–Kier alpha value is -12.5. The highest BCUT2D eigenvalue weighted by molar-refractivity contribution is 7.99. The first kappa shape index (κ1) is 66.1. The van der Waals surface area contributed by atoms with Crippen LogP contribution in [0.4, 0.5) is 45.5 Å². The topological polar surface area (TPSA) is 32.1 Å². The minimum Gasteiger partial charge on any atom is -0.453 e. The van der Waals surface area contributed by atoms with E-state index in [9.17, 15) is 0 Å². The van der Waals surface area contributed by atoms with Crippen LogP contribution in [0, 0.1) is 0 Å². The molecule has 0 unspecified atom stereocenters. The lowest BCUT2D eigenvalue weighted by Crippen LogP contribution is -2.15. The summed E-state index contributed by atoms with van der Waals surface area (Å²) < 4.78 is 10.4. The summed E-state index contributed by atoms with van der Waals surface area (Å²) in [6, 6.07) is 120. The van der Waals surface area contributed by atoms with E-state index in [1.165, 1.54) is 142 Å². The number of fused-ring (bicyclic) bond motifs is 18. The standard InChI is InChI=1S/C21H15N.C19H15N.C15H15N.C15H13N.C13H11NO.C13H11NS/c1-22-18-12-10-14-6-2-4-8-16(14)20(18)21-17-9-5-3-7-15(17)11-13-19(21)22;1-20-18-10-6-5-9-16(18)17-13-15(11-12-19(17)20)14-7-3-2-4-8-14;2*1-16-14-8-4-2-6-12(14)10-11-13-7-3-5-9-15(13)16;2*1-14-10-6-2-4-8-12(10)15-13-9-5-3-7-11(13)14/h2-13H,1H3;2-13H,1H3;2-9H,10-11H2,1H3;2-11H,1H3;2*2-9H,1H3. The van der Waals surface area contributed by atoms with Gasteiger partial charge >= 0.3 is 0 Å². The quantitative estimate of drug-likeness (QED) is 0.163. The Labute approximate surface area is 613 Å². The van der Waals surface area contributed by atoms with Gasteiger partial charge in [0.05, 0.1) is 22.7 Å². The third kappa shape index (κ3) is 12.9. The fraction of sp³-hybridized carbons (Fsp3) is 0.0833. The lowest BCUT2D eigenvalue weighted by molar-refractivity contribution is 0.475. The van der Waals surface area contributed by atoms with Crippen molar-refractivity contribution >= 4 is 135 Å². The van der Waals surface area contributed by atoms with E-state index in [2.05, 4.69) is 386 Å². The number of ether oxygens (including phenoxy) is 1. The van der Waals surface area contributed by atoms with Gasteiger partial charge in [0.2, 0.25) is 0 Å². The van der Waals surface area contributed by atoms with E-state index in [0.717, 1.165) is 35.7 Å². The first-order chi connectivity index (χ1) is 51.1. The van der Waals surface area contributed by atoms with Gasteiger partial charge in [-0.1, -0.05) is 261 Å². The lowest BCUT2D eigenvalue weighted by Gasteiger charge is -2.29. The Balaban J connectivity index is 0.0000000967. The molecule has 0 radical (unpaired) electrons. The zero-order valence-electron chi connectivity index (χ0n) is 59.4. The summed E-state index contributed by atoms with van der Waals surface area (Å²) in [6.45, 7) is 0. The lowest BCUT2D eigenvalue weighted by atomic mass is 10.00. The number of benzene rings is 15. The number of rotatable bonds is 1. The Morgan fingerprint density at radius 3 is 1.16 bits per heavy atom. The van der Waals surface area contributed by atoms with E-state index in [0.29, 0.717) is 0 Å². The molecule has 2 aromatic heterocycles. The number of hydrogen-bond acceptors (Lipinski definition) is 6. The Morgan fingerprint density at radius 2 is 0.625 bits per heavy atom. The third-order valence-corrected chi connectivity index (χ3v) is 21.7. The molecule has 0 fully saturated rings. The van der Waals surface area contributed by atoms with E-state index in [4.69, 9.17) is 4.74 Å². The molecule has 6 heterocycles. The minimum absolute atomic E-state index is 0.915. The molecule has 104 heavy (non-hydrogen) atoms. The SMILES string of the molecule is CN1c2ccccc2C=Cc2ccccc21.CN1c2ccccc2CCc2ccccc21.CN1c2ccccc2Oc2ccccc21.CN1c2ccccc2Sc2ccccc21.Cn1c2ccc3ccccc3c2c2c3ccccc3ccc21.Cn1c2ccccc2c2cc(-c3ccccc3)ccc21. The van der Waals surface area contributed by atoms with E-state index in [-0.39, 0.29) is 0 Å². The van der Waals surface area contributed by atoms with Crippen molar-refractivity contribution in [2.45, 2.75) is 22.6 Å². The van der Waals surface area contributed by atoms with Crippen LogP contribution in [0.25, 0.3) is 88.4 Å². The van der Waals surface area contributed by atoms with Gasteiger partial charge in [0, 0.05) is 118 Å². The fourth-order valence-corrected chi connectivity index (χ4v) is 16.3. The molecule has 15 aromatic carbocycles. The molecule has 0 aliphatic carbocycles. The first-order valence-electron chi connectivity index (χ1n) is 35.6. The summed E-state index contributed by atoms with van der Waals surface area (Å²) >= 11 is 1.84. The Kier molecular flexibility index (Phi) is 18.6. The molecule has 17 aromatic rings. The van der Waals surface area contributed by atoms with E-state index in [1.807, 2.05) is 48.2 Å². The Bertz CT molecular complexity index is 5650. The predicted molar refractivity (Wildman–Crippen MR) is 446 cm³/mol. The number of anilines is 8. The van der Waals surface area contributed by atoms with Crippen molar-refractivity contribution in [2.75, 3.05) is 47.8 Å². The maximum atomic E-state index is 5.81. The van der Waals surface area contributed by atoms with Crippen LogP contribution in [0.3, 0.4) is 0 Å². The van der Waals surface area contributed by atoms with Crippen molar-refractivity contribution in [2.24, 2.45) is 14.1 Å². The van der Waals surface area contributed by atoms with Crippen molar-refractivity contribution in [1.29, 1.82) is 0 Å². The molecule has 0 amide bonds. The highest BCUT2D eigenvalue weighted by atomic mass is 32.2. The number of aryl methyl sites for hydroxylation is 4. The molecule has 0 bridgehead atoms. The van der Waals surface area contributed by atoms with Gasteiger partial charge in [-0.2, -0.15) is 0 Å². The predicted octanol–water partition coefficient (Wildman–Crippen LogP) is 25.6. The molecule has 0 saturated carbocycles. The van der Waals surface area contributed by atoms with Gasteiger partial charge in [-0.15, -0.1) is 0 Å². The van der Waals surface area contributed by atoms with Crippen LogP contribution >= 0.6 is 11.8 Å². The second-order valence-corrected chi connectivity index (χ2v) is 27.7. The molecular weight excluding hydrogens is 1290 g/mol. The maximum absolute atomic E-state index is 5.81. The van der Waals surface area contributed by atoms with E-state index >= 15 is 0 Å². The molecule has 7 nitrogen and oxygen atoms in total. The Morgan fingerprint density at radius 1 is 0.260 bits per heavy atom. The van der Waals surface area contributed by atoms with Crippen LogP contribution in [0.5, 0.6) is 11.5 Å². The summed E-state index contributed by atoms with van der Waals surface area (Å²) in [4.78, 5) is 11.6. The van der Waals surface area contributed by atoms with Gasteiger partial charge in [-0.25, -0.2) is 0 Å².